The fourth-order valence-corrected chi connectivity index (χ4v) is 3.00. The van der Waals surface area contributed by atoms with E-state index in [1.807, 2.05) is 25.6 Å². The summed E-state index contributed by atoms with van der Waals surface area (Å²) in [5.74, 6) is 1.54. The van der Waals surface area contributed by atoms with Crippen molar-refractivity contribution in [3.05, 3.63) is 11.5 Å². The predicted octanol–water partition coefficient (Wildman–Crippen LogP) is 2.15. The van der Waals surface area contributed by atoms with E-state index in [0.29, 0.717) is 5.75 Å². The lowest BCUT2D eigenvalue weighted by Gasteiger charge is -2.10. The summed E-state index contributed by atoms with van der Waals surface area (Å²) in [7, 11) is 1.14. The average Bonchev–Trinajstić information content (AvgIpc) is 2.79. The zero-order chi connectivity index (χ0) is 14.2. The maximum absolute atomic E-state index is 11.2. The van der Waals surface area contributed by atoms with Gasteiger partial charge in [0.1, 0.15) is 11.3 Å². The summed E-state index contributed by atoms with van der Waals surface area (Å²) < 4.78 is 15.1. The number of hydrogen-bond donors (Lipinski definition) is 0. The van der Waals surface area contributed by atoms with Gasteiger partial charge in [-0.2, -0.15) is 5.10 Å². The molecule has 2 rings (SSSR count). The van der Waals surface area contributed by atoms with Crippen LogP contribution in [0.1, 0.15) is 30.2 Å². The molecule has 0 aliphatic heterocycles. The van der Waals surface area contributed by atoms with Crippen molar-refractivity contribution in [1.82, 2.24) is 19.3 Å². The van der Waals surface area contributed by atoms with Crippen LogP contribution in [0.2, 0.25) is 0 Å². The van der Waals surface area contributed by atoms with Crippen LogP contribution in [-0.2, 0) is 24.4 Å². The quantitative estimate of drug-likeness (QED) is 0.795. The molecule has 2 aromatic rings. The molecule has 2 aromatic heterocycles. The summed E-state index contributed by atoms with van der Waals surface area (Å²) >= 11 is 6.21. The Bertz CT molecular complexity index is 617. The van der Waals surface area contributed by atoms with E-state index in [1.165, 1.54) is 0 Å². The highest BCUT2D eigenvalue weighted by atomic mass is 35.5. The fourth-order valence-electron chi connectivity index (χ4n) is 2.30. The van der Waals surface area contributed by atoms with E-state index in [4.69, 9.17) is 11.6 Å². The van der Waals surface area contributed by atoms with Gasteiger partial charge < -0.3 is 4.57 Å². The standard InChI is InChI=1S/C12H19ClN4OS/c1-8(13)11-14-10-9(2)15-16(3)12(10)17(11)6-5-7-19(4)18/h8H,5-7H2,1-4H3. The highest BCUT2D eigenvalue weighted by molar-refractivity contribution is 7.84. The van der Waals surface area contributed by atoms with Crippen LogP contribution in [0.15, 0.2) is 0 Å². The van der Waals surface area contributed by atoms with Crippen molar-refractivity contribution in [3.8, 4) is 0 Å². The fraction of sp³-hybridized carbons (Fsp3) is 0.667. The number of nitrogens with zero attached hydrogens (tertiary/aromatic N) is 4. The van der Waals surface area contributed by atoms with Gasteiger partial charge in [-0.15, -0.1) is 11.6 Å². The van der Waals surface area contributed by atoms with Crippen molar-refractivity contribution in [2.45, 2.75) is 32.2 Å². The number of hydrogen-bond acceptors (Lipinski definition) is 3. The molecule has 0 spiro atoms. The van der Waals surface area contributed by atoms with Crippen molar-refractivity contribution in [2.75, 3.05) is 12.0 Å². The van der Waals surface area contributed by atoms with Gasteiger partial charge in [-0.05, 0) is 20.3 Å². The highest BCUT2D eigenvalue weighted by Gasteiger charge is 2.19. The molecule has 7 heteroatoms. The SMILES string of the molecule is Cc1nn(C)c2c1nc(C(C)Cl)n2CCCS(C)=O. The molecule has 0 aliphatic carbocycles. The Hall–Kier alpha value is -0.880. The molecular weight excluding hydrogens is 284 g/mol. The summed E-state index contributed by atoms with van der Waals surface area (Å²) in [6, 6.07) is 0. The number of alkyl halides is 1. The van der Waals surface area contributed by atoms with Crippen LogP contribution in [0.25, 0.3) is 11.2 Å². The zero-order valence-corrected chi connectivity index (χ0v) is 13.3. The summed E-state index contributed by atoms with van der Waals surface area (Å²) in [4.78, 5) is 4.60. The first-order chi connectivity index (χ1) is 8.91. The van der Waals surface area contributed by atoms with Crippen molar-refractivity contribution in [2.24, 2.45) is 7.05 Å². The second-order valence-corrected chi connectivity index (χ2v) is 6.96. The minimum atomic E-state index is -0.767. The van der Waals surface area contributed by atoms with Crippen LogP contribution in [0, 0.1) is 6.92 Å². The lowest BCUT2D eigenvalue weighted by Crippen LogP contribution is -2.10. The van der Waals surface area contributed by atoms with Gasteiger partial charge in [0, 0.05) is 36.4 Å². The van der Waals surface area contributed by atoms with Gasteiger partial charge in [-0.25, -0.2) is 4.98 Å². The largest absolute Gasteiger partial charge is 0.312 e. The van der Waals surface area contributed by atoms with Crippen molar-refractivity contribution < 1.29 is 4.21 Å². The van der Waals surface area contributed by atoms with E-state index >= 15 is 0 Å². The molecule has 0 saturated carbocycles. The molecule has 0 amide bonds. The molecule has 0 saturated heterocycles. The van der Waals surface area contributed by atoms with Crippen LogP contribution in [0.5, 0.6) is 0 Å². The monoisotopic (exact) mass is 302 g/mol. The van der Waals surface area contributed by atoms with Gasteiger partial charge >= 0.3 is 0 Å². The molecule has 19 heavy (non-hydrogen) atoms. The molecule has 0 aromatic carbocycles. The van der Waals surface area contributed by atoms with Crippen molar-refractivity contribution in [3.63, 3.8) is 0 Å². The van der Waals surface area contributed by atoms with Gasteiger partial charge in [0.15, 0.2) is 5.65 Å². The molecule has 106 valence electrons. The van der Waals surface area contributed by atoms with Crippen LogP contribution < -0.4 is 0 Å². The Morgan fingerprint density at radius 1 is 1.47 bits per heavy atom. The van der Waals surface area contributed by atoms with Crippen LogP contribution >= 0.6 is 11.6 Å². The first-order valence-corrected chi connectivity index (χ1v) is 8.42. The zero-order valence-electron chi connectivity index (χ0n) is 11.7. The van der Waals surface area contributed by atoms with E-state index < -0.39 is 10.8 Å². The molecule has 2 heterocycles. The Kier molecular flexibility index (Phi) is 4.30. The summed E-state index contributed by atoms with van der Waals surface area (Å²) in [5, 5.41) is 4.23. The lowest BCUT2D eigenvalue weighted by atomic mass is 10.4. The van der Waals surface area contributed by atoms with Gasteiger partial charge in [0.25, 0.3) is 0 Å². The van der Waals surface area contributed by atoms with Gasteiger partial charge in [0.05, 0.1) is 11.1 Å². The molecule has 2 unspecified atom stereocenters. The Labute approximate surface area is 120 Å². The van der Waals surface area contributed by atoms with E-state index in [9.17, 15) is 4.21 Å². The Balaban J connectivity index is 2.42. The molecule has 2 atom stereocenters. The van der Waals surface area contributed by atoms with Gasteiger partial charge in [0.2, 0.25) is 0 Å². The third-order valence-corrected chi connectivity index (χ3v) is 4.15. The highest BCUT2D eigenvalue weighted by Crippen LogP contribution is 2.26. The topological polar surface area (TPSA) is 52.7 Å². The van der Waals surface area contributed by atoms with Crippen LogP contribution in [0.3, 0.4) is 0 Å². The first-order valence-electron chi connectivity index (χ1n) is 6.25. The minimum absolute atomic E-state index is 0.154. The smallest absolute Gasteiger partial charge is 0.158 e. The number of imidazole rings is 1. The number of aromatic nitrogens is 4. The Morgan fingerprint density at radius 3 is 2.74 bits per heavy atom. The lowest BCUT2D eigenvalue weighted by molar-refractivity contribution is 0.623. The van der Waals surface area contributed by atoms with Gasteiger partial charge in [-0.1, -0.05) is 0 Å². The number of halogens is 1. The number of rotatable bonds is 5. The third-order valence-electron chi connectivity index (χ3n) is 3.09. The maximum atomic E-state index is 11.2. The van der Waals surface area contributed by atoms with Crippen molar-refractivity contribution >= 4 is 33.6 Å². The second kappa shape index (κ2) is 5.63. The summed E-state index contributed by atoms with van der Waals surface area (Å²) in [5.41, 5.74) is 2.80. The second-order valence-electron chi connectivity index (χ2n) is 4.75. The van der Waals surface area contributed by atoms with E-state index in [2.05, 4.69) is 14.6 Å². The number of fused-ring (bicyclic) bond motifs is 1. The summed E-state index contributed by atoms with van der Waals surface area (Å²) in [6.07, 6.45) is 2.57. The van der Waals surface area contributed by atoms with E-state index in [0.717, 1.165) is 35.6 Å². The average molecular weight is 303 g/mol. The first kappa shape index (κ1) is 14.5. The molecule has 0 radical (unpaired) electrons. The molecule has 5 nitrogen and oxygen atoms in total. The Morgan fingerprint density at radius 2 is 2.16 bits per heavy atom. The molecule has 0 bridgehead atoms. The van der Waals surface area contributed by atoms with Crippen molar-refractivity contribution in [1.29, 1.82) is 0 Å². The maximum Gasteiger partial charge on any atom is 0.158 e. The van der Waals surface area contributed by atoms with E-state index in [-0.39, 0.29) is 5.38 Å². The normalized spacial score (nSPS) is 15.0. The molecule has 0 N–H and O–H groups in total. The molecular formula is C12H19ClN4OS. The predicted molar refractivity (Wildman–Crippen MR) is 79.1 cm³/mol. The molecule has 0 fully saturated rings. The minimum Gasteiger partial charge on any atom is -0.312 e. The van der Waals surface area contributed by atoms with Gasteiger partial charge in [-0.3, -0.25) is 8.89 Å². The van der Waals surface area contributed by atoms with Crippen LogP contribution in [0.4, 0.5) is 0 Å². The molecule has 0 aliphatic rings. The van der Waals surface area contributed by atoms with Crippen LogP contribution in [-0.4, -0.2) is 35.5 Å². The third kappa shape index (κ3) is 2.84. The summed E-state index contributed by atoms with van der Waals surface area (Å²) in [6.45, 7) is 4.63. The van der Waals surface area contributed by atoms with E-state index in [1.54, 1.807) is 6.26 Å². The number of aryl methyl sites for hydroxylation is 3.